The van der Waals surface area contributed by atoms with E-state index in [4.69, 9.17) is 4.74 Å². The molecule has 1 aliphatic rings. The van der Waals surface area contributed by atoms with Crippen LogP contribution in [0.15, 0.2) is 0 Å². The minimum Gasteiger partial charge on any atom is -0.374 e. The van der Waals surface area contributed by atoms with Crippen molar-refractivity contribution in [2.75, 3.05) is 38.6 Å². The average Bonchev–Trinajstić information content (AvgIpc) is 2.27. The Morgan fingerprint density at radius 1 is 1.56 bits per heavy atom. The standard InChI is InChI=1S/C11H21BrN2O2/c1-14-6-7-16-10(9-14)8-13-11(15)4-2-3-5-12/h10H,2-9H2,1H3,(H,13,15). The van der Waals surface area contributed by atoms with Gasteiger partial charge in [-0.15, -0.1) is 0 Å². The van der Waals surface area contributed by atoms with Gasteiger partial charge in [0.25, 0.3) is 0 Å². The van der Waals surface area contributed by atoms with Crippen molar-refractivity contribution in [3.8, 4) is 0 Å². The molecule has 1 fully saturated rings. The Morgan fingerprint density at radius 3 is 3.06 bits per heavy atom. The summed E-state index contributed by atoms with van der Waals surface area (Å²) in [6.07, 6.45) is 2.77. The zero-order valence-electron chi connectivity index (χ0n) is 9.88. The number of unbranched alkanes of at least 4 members (excludes halogenated alkanes) is 1. The monoisotopic (exact) mass is 292 g/mol. The second kappa shape index (κ2) is 8.03. The van der Waals surface area contributed by atoms with E-state index in [1.807, 2.05) is 0 Å². The maximum absolute atomic E-state index is 11.4. The first-order chi connectivity index (χ1) is 7.72. The molecule has 16 heavy (non-hydrogen) atoms. The van der Waals surface area contributed by atoms with Crippen LogP contribution < -0.4 is 5.32 Å². The molecule has 1 atom stereocenters. The maximum atomic E-state index is 11.4. The summed E-state index contributed by atoms with van der Waals surface area (Å²) in [6.45, 7) is 3.29. The number of nitrogens with one attached hydrogen (secondary N) is 1. The van der Waals surface area contributed by atoms with Gasteiger partial charge in [0.2, 0.25) is 5.91 Å². The quantitative estimate of drug-likeness (QED) is 0.587. The molecule has 0 aliphatic carbocycles. The third kappa shape index (κ3) is 5.82. The highest BCUT2D eigenvalue weighted by Crippen LogP contribution is 2.02. The van der Waals surface area contributed by atoms with E-state index in [9.17, 15) is 4.79 Å². The van der Waals surface area contributed by atoms with Crippen LogP contribution in [0, 0.1) is 0 Å². The Bertz CT molecular complexity index is 214. The van der Waals surface area contributed by atoms with Crippen LogP contribution in [0.1, 0.15) is 19.3 Å². The molecule has 0 radical (unpaired) electrons. The normalized spacial score (nSPS) is 22.0. The van der Waals surface area contributed by atoms with Crippen LogP contribution in [0.5, 0.6) is 0 Å². The average molecular weight is 293 g/mol. The summed E-state index contributed by atoms with van der Waals surface area (Å²) in [4.78, 5) is 13.7. The maximum Gasteiger partial charge on any atom is 0.220 e. The van der Waals surface area contributed by atoms with Gasteiger partial charge in [0.15, 0.2) is 0 Å². The smallest absolute Gasteiger partial charge is 0.220 e. The molecule has 0 aromatic heterocycles. The van der Waals surface area contributed by atoms with E-state index in [0.29, 0.717) is 13.0 Å². The van der Waals surface area contributed by atoms with Crippen molar-refractivity contribution in [3.63, 3.8) is 0 Å². The third-order valence-electron chi connectivity index (χ3n) is 2.66. The van der Waals surface area contributed by atoms with E-state index < -0.39 is 0 Å². The van der Waals surface area contributed by atoms with Crippen molar-refractivity contribution in [3.05, 3.63) is 0 Å². The van der Waals surface area contributed by atoms with Gasteiger partial charge in [-0.05, 0) is 19.9 Å². The number of rotatable bonds is 6. The summed E-state index contributed by atoms with van der Waals surface area (Å²) < 4.78 is 5.56. The molecule has 5 heteroatoms. The molecule has 0 bridgehead atoms. The lowest BCUT2D eigenvalue weighted by Gasteiger charge is -2.30. The number of nitrogens with zero attached hydrogens (tertiary/aromatic N) is 1. The molecule has 0 aromatic rings. The summed E-state index contributed by atoms with van der Waals surface area (Å²) in [6, 6.07) is 0. The van der Waals surface area contributed by atoms with E-state index in [1.54, 1.807) is 0 Å². The zero-order valence-corrected chi connectivity index (χ0v) is 11.5. The summed E-state index contributed by atoms with van der Waals surface area (Å²) in [5.41, 5.74) is 0. The van der Waals surface area contributed by atoms with Gasteiger partial charge in [0.05, 0.1) is 12.7 Å². The fourth-order valence-electron chi connectivity index (χ4n) is 1.69. The lowest BCUT2D eigenvalue weighted by atomic mass is 10.2. The Balaban J connectivity index is 2.06. The first-order valence-electron chi connectivity index (χ1n) is 5.85. The summed E-state index contributed by atoms with van der Waals surface area (Å²) in [5.74, 6) is 0.137. The van der Waals surface area contributed by atoms with E-state index >= 15 is 0 Å². The highest BCUT2D eigenvalue weighted by Gasteiger charge is 2.17. The second-order valence-electron chi connectivity index (χ2n) is 4.21. The predicted octanol–water partition coefficient (Wildman–Crippen LogP) is 0.998. The van der Waals surface area contributed by atoms with Crippen molar-refractivity contribution < 1.29 is 9.53 Å². The summed E-state index contributed by atoms with van der Waals surface area (Å²) in [5, 5.41) is 3.89. The molecule has 1 aliphatic heterocycles. The SMILES string of the molecule is CN1CCOC(CNC(=O)CCCCBr)C1. The lowest BCUT2D eigenvalue weighted by molar-refractivity contribution is -0.122. The van der Waals surface area contributed by atoms with Crippen LogP contribution in [-0.2, 0) is 9.53 Å². The first-order valence-corrected chi connectivity index (χ1v) is 6.97. The van der Waals surface area contributed by atoms with Gasteiger partial charge in [-0.1, -0.05) is 15.9 Å². The van der Waals surface area contributed by atoms with Crippen LogP contribution in [-0.4, -0.2) is 55.5 Å². The van der Waals surface area contributed by atoms with Gasteiger partial charge in [0.1, 0.15) is 0 Å². The number of likely N-dealkylation sites (N-methyl/N-ethyl adjacent to an activating group) is 1. The largest absolute Gasteiger partial charge is 0.374 e. The number of hydrogen-bond acceptors (Lipinski definition) is 3. The van der Waals surface area contributed by atoms with E-state index in [-0.39, 0.29) is 12.0 Å². The van der Waals surface area contributed by atoms with Crippen LogP contribution in [0.4, 0.5) is 0 Å². The number of hydrogen-bond donors (Lipinski definition) is 1. The minimum atomic E-state index is 0.137. The molecule has 1 amide bonds. The molecule has 0 aromatic carbocycles. The van der Waals surface area contributed by atoms with Crippen molar-refractivity contribution >= 4 is 21.8 Å². The van der Waals surface area contributed by atoms with Gasteiger partial charge >= 0.3 is 0 Å². The zero-order chi connectivity index (χ0) is 11.8. The molecule has 0 spiro atoms. The third-order valence-corrected chi connectivity index (χ3v) is 3.22. The molecular formula is C11H21BrN2O2. The lowest BCUT2D eigenvalue weighted by Crippen LogP contribution is -2.45. The van der Waals surface area contributed by atoms with Gasteiger partial charge in [-0.2, -0.15) is 0 Å². The number of amides is 1. The Hall–Kier alpha value is -0.130. The van der Waals surface area contributed by atoms with Crippen LogP contribution in [0.3, 0.4) is 0 Å². The number of halogens is 1. The molecule has 94 valence electrons. The van der Waals surface area contributed by atoms with Gasteiger partial charge in [-0.3, -0.25) is 4.79 Å². The van der Waals surface area contributed by atoms with Crippen LogP contribution >= 0.6 is 15.9 Å². The first kappa shape index (κ1) is 13.9. The van der Waals surface area contributed by atoms with Gasteiger partial charge < -0.3 is 15.0 Å². The molecule has 0 saturated carbocycles. The number of morpholine rings is 1. The molecule has 1 saturated heterocycles. The molecular weight excluding hydrogens is 272 g/mol. The molecule has 1 N–H and O–H groups in total. The van der Waals surface area contributed by atoms with E-state index in [0.717, 1.165) is 37.9 Å². The van der Waals surface area contributed by atoms with Crippen molar-refractivity contribution in [2.24, 2.45) is 0 Å². The highest BCUT2D eigenvalue weighted by molar-refractivity contribution is 9.09. The number of carbonyl (C=O) groups is 1. The Kier molecular flexibility index (Phi) is 7.00. The van der Waals surface area contributed by atoms with Crippen molar-refractivity contribution in [1.82, 2.24) is 10.2 Å². The molecule has 4 nitrogen and oxygen atoms in total. The Labute approximate surface area is 106 Å². The number of carbonyl (C=O) groups excluding carboxylic acids is 1. The molecule has 1 heterocycles. The number of ether oxygens (including phenoxy) is 1. The summed E-state index contributed by atoms with van der Waals surface area (Å²) in [7, 11) is 2.08. The van der Waals surface area contributed by atoms with Gasteiger partial charge in [0, 0.05) is 31.4 Å². The van der Waals surface area contributed by atoms with E-state index in [2.05, 4.69) is 33.2 Å². The highest BCUT2D eigenvalue weighted by atomic mass is 79.9. The Morgan fingerprint density at radius 2 is 2.38 bits per heavy atom. The van der Waals surface area contributed by atoms with Crippen LogP contribution in [0.25, 0.3) is 0 Å². The van der Waals surface area contributed by atoms with Crippen molar-refractivity contribution in [2.45, 2.75) is 25.4 Å². The molecule has 1 unspecified atom stereocenters. The second-order valence-corrected chi connectivity index (χ2v) is 5.00. The topological polar surface area (TPSA) is 41.6 Å². The minimum absolute atomic E-state index is 0.137. The fourth-order valence-corrected chi connectivity index (χ4v) is 2.08. The fraction of sp³-hybridized carbons (Fsp3) is 0.909. The summed E-state index contributed by atoms with van der Waals surface area (Å²) >= 11 is 3.35. The van der Waals surface area contributed by atoms with E-state index in [1.165, 1.54) is 0 Å². The van der Waals surface area contributed by atoms with Crippen LogP contribution in [0.2, 0.25) is 0 Å². The van der Waals surface area contributed by atoms with Gasteiger partial charge in [-0.25, -0.2) is 0 Å². The van der Waals surface area contributed by atoms with Crippen molar-refractivity contribution in [1.29, 1.82) is 0 Å². The predicted molar refractivity (Wildman–Crippen MR) is 67.9 cm³/mol. The number of alkyl halides is 1. The molecule has 1 rings (SSSR count).